The highest BCUT2D eigenvalue weighted by Gasteiger charge is 2.16. The van der Waals surface area contributed by atoms with Gasteiger partial charge in [-0.1, -0.05) is 61.4 Å². The molecule has 0 heterocycles. The first-order chi connectivity index (χ1) is 13.3. The summed E-state index contributed by atoms with van der Waals surface area (Å²) >= 11 is 0. The Bertz CT molecular complexity index is 656. The highest BCUT2D eigenvalue weighted by molar-refractivity contribution is 5.32. The van der Waals surface area contributed by atoms with Gasteiger partial charge in [-0.25, -0.2) is 0 Å². The molecule has 146 valence electrons. The lowest BCUT2D eigenvalue weighted by Gasteiger charge is -2.17. The van der Waals surface area contributed by atoms with Crippen LogP contribution in [0, 0.1) is 0 Å². The minimum Gasteiger partial charge on any atom is -0.490 e. The summed E-state index contributed by atoms with van der Waals surface area (Å²) in [7, 11) is 0. The van der Waals surface area contributed by atoms with Crippen LogP contribution < -0.4 is 10.1 Å². The summed E-state index contributed by atoms with van der Waals surface area (Å²) < 4.78 is 11.9. The van der Waals surface area contributed by atoms with Gasteiger partial charge in [0.25, 0.3) is 0 Å². The van der Waals surface area contributed by atoms with E-state index in [1.807, 2.05) is 42.5 Å². The van der Waals surface area contributed by atoms with Crippen LogP contribution in [0.5, 0.6) is 5.75 Å². The molecule has 0 saturated heterocycles. The molecule has 0 aromatic heterocycles. The van der Waals surface area contributed by atoms with Crippen LogP contribution in [0.4, 0.5) is 0 Å². The van der Waals surface area contributed by atoms with Gasteiger partial charge in [0.2, 0.25) is 0 Å². The molecule has 1 aliphatic rings. The minimum absolute atomic E-state index is 0.277. The normalized spacial score (nSPS) is 15.7. The topological polar surface area (TPSA) is 50.7 Å². The van der Waals surface area contributed by atoms with Crippen LogP contribution in [0.2, 0.25) is 0 Å². The van der Waals surface area contributed by atoms with E-state index in [1.165, 1.54) is 18.4 Å². The second-order valence-electron chi connectivity index (χ2n) is 7.23. The molecule has 0 spiro atoms. The van der Waals surface area contributed by atoms with Gasteiger partial charge in [-0.3, -0.25) is 0 Å². The van der Waals surface area contributed by atoms with Crippen molar-refractivity contribution < 1.29 is 14.6 Å². The molecule has 1 aliphatic carbocycles. The first kappa shape index (κ1) is 19.9. The zero-order chi connectivity index (χ0) is 18.7. The number of hydrogen-bond donors (Lipinski definition) is 2. The predicted octanol–water partition coefficient (Wildman–Crippen LogP) is 3.72. The SMILES string of the molecule is OC(CNCCc1ccccc1)COc1ccccc1COC1CCCC1. The third-order valence-electron chi connectivity index (χ3n) is 4.99. The van der Waals surface area contributed by atoms with Gasteiger partial charge >= 0.3 is 0 Å². The number of aliphatic hydroxyl groups excluding tert-OH is 1. The van der Waals surface area contributed by atoms with Crippen LogP contribution in [0.15, 0.2) is 54.6 Å². The molecule has 1 fully saturated rings. The monoisotopic (exact) mass is 369 g/mol. The molecule has 0 aliphatic heterocycles. The van der Waals surface area contributed by atoms with Crippen molar-refractivity contribution in [2.24, 2.45) is 0 Å². The molecule has 0 amide bonds. The van der Waals surface area contributed by atoms with Crippen molar-refractivity contribution in [3.05, 3.63) is 65.7 Å². The number of ether oxygens (including phenoxy) is 2. The molecule has 2 N–H and O–H groups in total. The quantitative estimate of drug-likeness (QED) is 0.593. The van der Waals surface area contributed by atoms with E-state index in [0.29, 0.717) is 19.3 Å². The zero-order valence-electron chi connectivity index (χ0n) is 16.0. The number of benzene rings is 2. The van der Waals surface area contributed by atoms with Gasteiger partial charge in [0.05, 0.1) is 12.7 Å². The van der Waals surface area contributed by atoms with Gasteiger partial charge in [0, 0.05) is 12.1 Å². The number of aliphatic hydroxyl groups is 1. The largest absolute Gasteiger partial charge is 0.490 e. The second kappa shape index (κ2) is 11.1. The average molecular weight is 370 g/mol. The fourth-order valence-electron chi connectivity index (χ4n) is 3.42. The lowest BCUT2D eigenvalue weighted by atomic mass is 10.1. The van der Waals surface area contributed by atoms with E-state index >= 15 is 0 Å². The Morgan fingerprint density at radius 3 is 2.56 bits per heavy atom. The minimum atomic E-state index is -0.537. The fourth-order valence-corrected chi connectivity index (χ4v) is 3.42. The molecule has 3 rings (SSSR count). The molecule has 4 heteroatoms. The fraction of sp³-hybridized carbons (Fsp3) is 0.478. The van der Waals surface area contributed by atoms with Crippen LogP contribution >= 0.6 is 0 Å². The van der Waals surface area contributed by atoms with Gasteiger partial charge in [-0.05, 0) is 37.4 Å². The number of nitrogens with one attached hydrogen (secondary N) is 1. The molecule has 1 saturated carbocycles. The second-order valence-corrected chi connectivity index (χ2v) is 7.23. The maximum atomic E-state index is 10.2. The lowest BCUT2D eigenvalue weighted by molar-refractivity contribution is 0.0430. The van der Waals surface area contributed by atoms with Crippen LogP contribution in [0.25, 0.3) is 0 Å². The summed E-state index contributed by atoms with van der Waals surface area (Å²) in [6.45, 7) is 2.21. The third kappa shape index (κ3) is 6.98. The maximum absolute atomic E-state index is 10.2. The maximum Gasteiger partial charge on any atom is 0.124 e. The number of para-hydroxylation sites is 1. The summed E-state index contributed by atoms with van der Waals surface area (Å²) in [5.41, 5.74) is 2.35. The van der Waals surface area contributed by atoms with E-state index in [0.717, 1.165) is 37.1 Å². The van der Waals surface area contributed by atoms with Crippen molar-refractivity contribution in [2.75, 3.05) is 19.7 Å². The molecule has 4 nitrogen and oxygen atoms in total. The highest BCUT2D eigenvalue weighted by Crippen LogP contribution is 2.25. The lowest BCUT2D eigenvalue weighted by Crippen LogP contribution is -2.32. The highest BCUT2D eigenvalue weighted by atomic mass is 16.5. The Morgan fingerprint density at radius 2 is 1.74 bits per heavy atom. The summed E-state index contributed by atoms with van der Waals surface area (Å²) in [5, 5.41) is 13.5. The van der Waals surface area contributed by atoms with Gasteiger partial charge in [0.1, 0.15) is 18.5 Å². The van der Waals surface area contributed by atoms with Gasteiger partial charge in [0.15, 0.2) is 0 Å². The van der Waals surface area contributed by atoms with Crippen molar-refractivity contribution in [3.63, 3.8) is 0 Å². The van der Waals surface area contributed by atoms with Crippen LogP contribution in [0.1, 0.15) is 36.8 Å². The molecule has 1 atom stereocenters. The Labute approximate surface area is 162 Å². The Morgan fingerprint density at radius 1 is 1.00 bits per heavy atom. The van der Waals surface area contributed by atoms with Crippen molar-refractivity contribution in [2.45, 2.75) is 50.9 Å². The molecule has 2 aromatic carbocycles. The summed E-state index contributed by atoms with van der Waals surface area (Å²) in [5.74, 6) is 0.804. The zero-order valence-corrected chi connectivity index (χ0v) is 16.0. The molecule has 27 heavy (non-hydrogen) atoms. The van der Waals surface area contributed by atoms with Crippen molar-refractivity contribution in [3.8, 4) is 5.75 Å². The van der Waals surface area contributed by atoms with Gasteiger partial charge < -0.3 is 19.9 Å². The van der Waals surface area contributed by atoms with Crippen LogP contribution in [-0.2, 0) is 17.8 Å². The first-order valence-electron chi connectivity index (χ1n) is 10.1. The Hall–Kier alpha value is -1.88. The predicted molar refractivity (Wildman–Crippen MR) is 108 cm³/mol. The third-order valence-corrected chi connectivity index (χ3v) is 4.99. The van der Waals surface area contributed by atoms with Crippen molar-refractivity contribution >= 4 is 0 Å². The standard InChI is InChI=1S/C23H31NO3/c25-21(16-24-15-14-19-8-2-1-3-9-19)18-27-23-13-7-4-10-20(23)17-26-22-11-5-6-12-22/h1-4,7-10,13,21-22,24-25H,5-6,11-12,14-18H2. The van der Waals surface area contributed by atoms with Crippen LogP contribution in [-0.4, -0.2) is 37.0 Å². The Kier molecular flexibility index (Phi) is 8.15. The first-order valence-corrected chi connectivity index (χ1v) is 10.1. The average Bonchev–Trinajstić information content (AvgIpc) is 3.23. The molecule has 0 radical (unpaired) electrons. The summed E-state index contributed by atoms with van der Waals surface area (Å²) in [6, 6.07) is 18.3. The van der Waals surface area contributed by atoms with E-state index in [2.05, 4.69) is 17.4 Å². The van der Waals surface area contributed by atoms with E-state index < -0.39 is 6.10 Å². The molecule has 2 aromatic rings. The molecule has 0 bridgehead atoms. The van der Waals surface area contributed by atoms with E-state index in [9.17, 15) is 5.11 Å². The van der Waals surface area contributed by atoms with E-state index in [4.69, 9.17) is 9.47 Å². The molecular weight excluding hydrogens is 338 g/mol. The number of hydrogen-bond acceptors (Lipinski definition) is 4. The van der Waals surface area contributed by atoms with Crippen molar-refractivity contribution in [1.29, 1.82) is 0 Å². The Balaban J connectivity index is 1.36. The molecular formula is C23H31NO3. The van der Waals surface area contributed by atoms with E-state index in [1.54, 1.807) is 0 Å². The van der Waals surface area contributed by atoms with E-state index in [-0.39, 0.29) is 6.61 Å². The van der Waals surface area contributed by atoms with Gasteiger partial charge in [-0.2, -0.15) is 0 Å². The van der Waals surface area contributed by atoms with Crippen LogP contribution in [0.3, 0.4) is 0 Å². The summed E-state index contributed by atoms with van der Waals surface area (Å²) in [4.78, 5) is 0. The number of rotatable bonds is 11. The summed E-state index contributed by atoms with van der Waals surface area (Å²) in [6.07, 6.45) is 5.67. The van der Waals surface area contributed by atoms with Crippen molar-refractivity contribution in [1.82, 2.24) is 5.32 Å². The molecule has 1 unspecified atom stereocenters. The van der Waals surface area contributed by atoms with Gasteiger partial charge in [-0.15, -0.1) is 0 Å². The smallest absolute Gasteiger partial charge is 0.124 e.